The molecule has 0 spiro atoms. The van der Waals surface area contributed by atoms with Gasteiger partial charge in [0.25, 0.3) is 11.8 Å². The van der Waals surface area contributed by atoms with E-state index in [1.807, 2.05) is 19.9 Å². The van der Waals surface area contributed by atoms with Crippen LogP contribution in [0.15, 0.2) is 79.1 Å². The summed E-state index contributed by atoms with van der Waals surface area (Å²) in [6.45, 7) is 3.71. The number of benzene rings is 2. The Morgan fingerprint density at radius 1 is 0.742 bits per heavy atom. The maximum Gasteiger partial charge on any atom is 0.255 e. The summed E-state index contributed by atoms with van der Waals surface area (Å²) < 4.78 is 0. The van der Waals surface area contributed by atoms with Crippen molar-refractivity contribution in [2.75, 3.05) is 10.6 Å². The molecule has 1 atom stereocenters. The highest BCUT2D eigenvalue weighted by Gasteiger charge is 2.25. The summed E-state index contributed by atoms with van der Waals surface area (Å²) in [4.78, 5) is 41.8. The van der Waals surface area contributed by atoms with Gasteiger partial charge in [-0.25, -0.2) is 0 Å². The summed E-state index contributed by atoms with van der Waals surface area (Å²) in [6, 6.07) is 18.0. The molecule has 7 heteroatoms. The van der Waals surface area contributed by atoms with E-state index in [0.717, 1.165) is 0 Å². The van der Waals surface area contributed by atoms with Crippen LogP contribution in [0.3, 0.4) is 0 Å². The molecule has 1 heterocycles. The predicted octanol–water partition coefficient (Wildman–Crippen LogP) is 3.73. The zero-order chi connectivity index (χ0) is 22.2. The normalized spacial score (nSPS) is 11.5. The first-order valence-electron chi connectivity index (χ1n) is 9.92. The molecule has 31 heavy (non-hydrogen) atoms. The Labute approximate surface area is 180 Å². The molecule has 3 N–H and O–H groups in total. The molecule has 1 aromatic heterocycles. The van der Waals surface area contributed by atoms with Gasteiger partial charge in [0.15, 0.2) is 0 Å². The fourth-order valence-corrected chi connectivity index (χ4v) is 2.95. The summed E-state index contributed by atoms with van der Waals surface area (Å²) in [5.41, 5.74) is 1.96. The van der Waals surface area contributed by atoms with Gasteiger partial charge in [-0.15, -0.1) is 0 Å². The van der Waals surface area contributed by atoms with Crippen LogP contribution >= 0.6 is 0 Å². The van der Waals surface area contributed by atoms with E-state index in [0.29, 0.717) is 22.5 Å². The molecular formula is C24H24N4O3. The van der Waals surface area contributed by atoms with Gasteiger partial charge in [-0.05, 0) is 48.4 Å². The van der Waals surface area contributed by atoms with Crippen molar-refractivity contribution in [2.45, 2.75) is 19.9 Å². The molecule has 3 amide bonds. The van der Waals surface area contributed by atoms with Gasteiger partial charge < -0.3 is 16.0 Å². The van der Waals surface area contributed by atoms with Gasteiger partial charge in [-0.1, -0.05) is 38.1 Å². The van der Waals surface area contributed by atoms with E-state index in [-0.39, 0.29) is 23.6 Å². The predicted molar refractivity (Wildman–Crippen MR) is 120 cm³/mol. The summed E-state index contributed by atoms with van der Waals surface area (Å²) >= 11 is 0. The molecule has 158 valence electrons. The molecule has 0 aliphatic carbocycles. The van der Waals surface area contributed by atoms with Gasteiger partial charge >= 0.3 is 0 Å². The summed E-state index contributed by atoms with van der Waals surface area (Å²) in [7, 11) is 0. The Kier molecular flexibility index (Phi) is 7.11. The highest BCUT2D eigenvalue weighted by molar-refractivity contribution is 6.06. The molecule has 1 unspecified atom stereocenters. The standard InChI is InChI=1S/C24H24N4O3/c1-16(2)21(28-22(29)17-7-4-3-5-8-17)24(31)27-20-10-6-9-18(15-20)23(30)26-19-11-13-25-14-12-19/h3-16,21H,1-2H3,(H,27,31)(H,28,29)(H,25,26,30). The average Bonchev–Trinajstić information content (AvgIpc) is 2.78. The minimum atomic E-state index is -0.734. The second-order valence-corrected chi connectivity index (χ2v) is 7.32. The fraction of sp³-hybridized carbons (Fsp3) is 0.167. The molecular weight excluding hydrogens is 392 g/mol. The second kappa shape index (κ2) is 10.2. The van der Waals surface area contributed by atoms with Crippen molar-refractivity contribution in [3.8, 4) is 0 Å². The van der Waals surface area contributed by atoms with E-state index in [2.05, 4.69) is 20.9 Å². The number of amides is 3. The van der Waals surface area contributed by atoms with Crippen LogP contribution in [0.5, 0.6) is 0 Å². The number of pyridine rings is 1. The van der Waals surface area contributed by atoms with Crippen LogP contribution in [0.2, 0.25) is 0 Å². The number of rotatable bonds is 7. The fourth-order valence-electron chi connectivity index (χ4n) is 2.95. The molecule has 0 bridgehead atoms. The van der Waals surface area contributed by atoms with Crippen molar-refractivity contribution in [2.24, 2.45) is 5.92 Å². The molecule has 0 aliphatic rings. The summed E-state index contributed by atoms with van der Waals surface area (Å²) in [5, 5.41) is 8.36. The molecule has 3 rings (SSSR count). The van der Waals surface area contributed by atoms with Crippen molar-refractivity contribution in [1.82, 2.24) is 10.3 Å². The first-order valence-corrected chi connectivity index (χ1v) is 9.92. The second-order valence-electron chi connectivity index (χ2n) is 7.32. The van der Waals surface area contributed by atoms with E-state index in [1.54, 1.807) is 73.1 Å². The Balaban J connectivity index is 1.68. The lowest BCUT2D eigenvalue weighted by molar-refractivity contribution is -0.118. The molecule has 0 radical (unpaired) electrons. The van der Waals surface area contributed by atoms with Crippen molar-refractivity contribution >= 4 is 29.1 Å². The molecule has 0 saturated carbocycles. The zero-order valence-corrected chi connectivity index (χ0v) is 17.3. The van der Waals surface area contributed by atoms with Gasteiger partial charge in [-0.3, -0.25) is 19.4 Å². The number of carbonyl (C=O) groups is 3. The maximum absolute atomic E-state index is 12.9. The average molecular weight is 416 g/mol. The quantitative estimate of drug-likeness (QED) is 0.546. The topological polar surface area (TPSA) is 100 Å². The number of nitrogens with zero attached hydrogens (tertiary/aromatic N) is 1. The smallest absolute Gasteiger partial charge is 0.255 e. The largest absolute Gasteiger partial charge is 0.340 e. The zero-order valence-electron chi connectivity index (χ0n) is 17.3. The van der Waals surface area contributed by atoms with Crippen LogP contribution < -0.4 is 16.0 Å². The molecule has 7 nitrogen and oxygen atoms in total. The molecule has 0 fully saturated rings. The van der Waals surface area contributed by atoms with Crippen LogP contribution in [0.25, 0.3) is 0 Å². The third-order valence-electron chi connectivity index (χ3n) is 4.60. The number of nitrogens with one attached hydrogen (secondary N) is 3. The monoisotopic (exact) mass is 416 g/mol. The minimum absolute atomic E-state index is 0.133. The third-order valence-corrected chi connectivity index (χ3v) is 4.60. The molecule has 3 aromatic rings. The van der Waals surface area contributed by atoms with Crippen molar-refractivity contribution < 1.29 is 14.4 Å². The van der Waals surface area contributed by atoms with Crippen LogP contribution in [0.1, 0.15) is 34.6 Å². The Morgan fingerprint density at radius 3 is 2.10 bits per heavy atom. The summed E-state index contributed by atoms with van der Waals surface area (Å²) in [5.74, 6) is -1.11. The molecule has 0 aliphatic heterocycles. The van der Waals surface area contributed by atoms with E-state index in [9.17, 15) is 14.4 Å². The van der Waals surface area contributed by atoms with Gasteiger partial charge in [0.1, 0.15) is 6.04 Å². The Morgan fingerprint density at radius 2 is 1.42 bits per heavy atom. The molecule has 2 aromatic carbocycles. The third kappa shape index (κ3) is 5.99. The van der Waals surface area contributed by atoms with Crippen molar-refractivity contribution in [1.29, 1.82) is 0 Å². The lowest BCUT2D eigenvalue weighted by Crippen LogP contribution is -2.47. The highest BCUT2D eigenvalue weighted by atomic mass is 16.2. The first-order chi connectivity index (χ1) is 14.9. The SMILES string of the molecule is CC(C)C(NC(=O)c1ccccc1)C(=O)Nc1cccc(C(=O)Nc2ccncc2)c1. The van der Waals surface area contributed by atoms with Gasteiger partial charge in [0.05, 0.1) is 0 Å². The van der Waals surface area contributed by atoms with E-state index >= 15 is 0 Å². The Hall–Kier alpha value is -4.00. The van der Waals surface area contributed by atoms with Crippen LogP contribution in [0.4, 0.5) is 11.4 Å². The number of carbonyl (C=O) groups excluding carboxylic acids is 3. The lowest BCUT2D eigenvalue weighted by Gasteiger charge is -2.22. The van der Waals surface area contributed by atoms with E-state index in [1.165, 1.54) is 0 Å². The minimum Gasteiger partial charge on any atom is -0.340 e. The van der Waals surface area contributed by atoms with Crippen LogP contribution in [-0.4, -0.2) is 28.7 Å². The maximum atomic E-state index is 12.9. The van der Waals surface area contributed by atoms with Crippen molar-refractivity contribution in [3.63, 3.8) is 0 Å². The first kappa shape index (κ1) is 21.7. The lowest BCUT2D eigenvalue weighted by atomic mass is 10.0. The van der Waals surface area contributed by atoms with E-state index < -0.39 is 6.04 Å². The Bertz CT molecular complexity index is 1050. The number of hydrogen-bond acceptors (Lipinski definition) is 4. The van der Waals surface area contributed by atoms with Gasteiger partial charge in [0.2, 0.25) is 5.91 Å². The number of hydrogen-bond donors (Lipinski definition) is 3. The van der Waals surface area contributed by atoms with Gasteiger partial charge in [-0.2, -0.15) is 0 Å². The van der Waals surface area contributed by atoms with Crippen LogP contribution in [0, 0.1) is 5.92 Å². The van der Waals surface area contributed by atoms with Crippen molar-refractivity contribution in [3.05, 3.63) is 90.3 Å². The highest BCUT2D eigenvalue weighted by Crippen LogP contribution is 2.15. The summed E-state index contributed by atoms with van der Waals surface area (Å²) in [6.07, 6.45) is 3.17. The van der Waals surface area contributed by atoms with Crippen LogP contribution in [-0.2, 0) is 4.79 Å². The molecule has 0 saturated heterocycles. The van der Waals surface area contributed by atoms with E-state index in [4.69, 9.17) is 0 Å². The van der Waals surface area contributed by atoms with Gasteiger partial charge in [0, 0.05) is 34.9 Å². The number of anilines is 2. The number of aromatic nitrogens is 1.